The van der Waals surface area contributed by atoms with Crippen LogP contribution in [0.4, 0.5) is 5.82 Å². The van der Waals surface area contributed by atoms with Crippen LogP contribution in [0.25, 0.3) is 10.4 Å². The van der Waals surface area contributed by atoms with E-state index in [-0.39, 0.29) is 12.5 Å². The molecule has 1 aliphatic rings. The van der Waals surface area contributed by atoms with Crippen LogP contribution in [0.2, 0.25) is 0 Å². The van der Waals surface area contributed by atoms with E-state index >= 15 is 0 Å². The first-order chi connectivity index (χ1) is 12.6. The quantitative estimate of drug-likeness (QED) is 0.466. The number of fused-ring (bicyclic) bond motifs is 1. The molecule has 1 aromatic carbocycles. The zero-order valence-electron chi connectivity index (χ0n) is 14.9. The SMILES string of the molecule is COc1ccc(CN2C(=O)C(N=[N+]=[N-])CCn3nc(C)cc32)c(OC)c1. The molecule has 2 aromatic rings. The van der Waals surface area contributed by atoms with Gasteiger partial charge in [-0.1, -0.05) is 5.11 Å². The zero-order chi connectivity index (χ0) is 18.7. The van der Waals surface area contributed by atoms with Gasteiger partial charge in [0, 0.05) is 29.2 Å². The molecule has 1 aromatic heterocycles. The Bertz CT molecular complexity index is 871. The first-order valence-corrected chi connectivity index (χ1v) is 8.18. The third-order valence-corrected chi connectivity index (χ3v) is 4.34. The van der Waals surface area contributed by atoms with Gasteiger partial charge in [0.25, 0.3) is 0 Å². The van der Waals surface area contributed by atoms with E-state index < -0.39 is 6.04 Å². The molecule has 0 radical (unpaired) electrons. The maximum atomic E-state index is 13.0. The predicted octanol–water partition coefficient (Wildman–Crippen LogP) is 2.82. The summed E-state index contributed by atoms with van der Waals surface area (Å²) in [6.45, 7) is 2.66. The van der Waals surface area contributed by atoms with Crippen LogP contribution < -0.4 is 14.4 Å². The Morgan fingerprint density at radius 1 is 1.35 bits per heavy atom. The number of methoxy groups -OCH3 is 2. The van der Waals surface area contributed by atoms with Gasteiger partial charge in [-0.2, -0.15) is 5.10 Å². The van der Waals surface area contributed by atoms with Gasteiger partial charge in [-0.05, 0) is 31.0 Å². The Hall–Kier alpha value is -3.19. The molecule has 9 heteroatoms. The van der Waals surface area contributed by atoms with Crippen LogP contribution >= 0.6 is 0 Å². The summed E-state index contributed by atoms with van der Waals surface area (Å²) in [6.07, 6.45) is 0.410. The van der Waals surface area contributed by atoms with Crippen molar-refractivity contribution in [3.63, 3.8) is 0 Å². The van der Waals surface area contributed by atoms with Crippen LogP contribution in [-0.4, -0.2) is 35.9 Å². The van der Waals surface area contributed by atoms with Gasteiger partial charge in [-0.25, -0.2) is 4.68 Å². The molecule has 1 unspecified atom stereocenters. The van der Waals surface area contributed by atoms with Crippen molar-refractivity contribution in [3.8, 4) is 11.5 Å². The van der Waals surface area contributed by atoms with Crippen LogP contribution in [0.3, 0.4) is 0 Å². The van der Waals surface area contributed by atoms with Crippen molar-refractivity contribution < 1.29 is 14.3 Å². The van der Waals surface area contributed by atoms with Crippen molar-refractivity contribution in [3.05, 3.63) is 46.0 Å². The summed E-state index contributed by atoms with van der Waals surface area (Å²) in [4.78, 5) is 17.4. The second-order valence-electron chi connectivity index (χ2n) is 5.98. The number of ether oxygens (including phenoxy) is 2. The van der Waals surface area contributed by atoms with Crippen LogP contribution in [0.1, 0.15) is 17.7 Å². The maximum absolute atomic E-state index is 13.0. The van der Waals surface area contributed by atoms with Gasteiger partial charge in [-0.3, -0.25) is 9.69 Å². The monoisotopic (exact) mass is 356 g/mol. The summed E-state index contributed by atoms with van der Waals surface area (Å²) < 4.78 is 12.4. The Morgan fingerprint density at radius 2 is 2.15 bits per heavy atom. The average molecular weight is 356 g/mol. The second kappa shape index (κ2) is 7.37. The van der Waals surface area contributed by atoms with Gasteiger partial charge in [0.15, 0.2) is 0 Å². The first-order valence-electron chi connectivity index (χ1n) is 8.18. The zero-order valence-corrected chi connectivity index (χ0v) is 14.9. The molecule has 0 bridgehead atoms. The van der Waals surface area contributed by atoms with E-state index in [4.69, 9.17) is 15.0 Å². The van der Waals surface area contributed by atoms with Gasteiger partial charge < -0.3 is 9.47 Å². The molecule has 136 valence electrons. The number of azide groups is 1. The van der Waals surface area contributed by atoms with Crippen molar-refractivity contribution in [2.75, 3.05) is 19.1 Å². The number of aryl methyl sites for hydroxylation is 2. The second-order valence-corrected chi connectivity index (χ2v) is 5.98. The number of carbonyl (C=O) groups is 1. The number of hydrogen-bond donors (Lipinski definition) is 0. The van der Waals surface area contributed by atoms with Gasteiger partial charge in [-0.15, -0.1) is 0 Å². The van der Waals surface area contributed by atoms with Crippen molar-refractivity contribution in [2.45, 2.75) is 32.5 Å². The van der Waals surface area contributed by atoms with Gasteiger partial charge >= 0.3 is 0 Å². The van der Waals surface area contributed by atoms with Crippen LogP contribution in [0.15, 0.2) is 29.4 Å². The summed E-state index contributed by atoms with van der Waals surface area (Å²) in [7, 11) is 3.15. The Morgan fingerprint density at radius 3 is 2.85 bits per heavy atom. The van der Waals surface area contributed by atoms with Crippen LogP contribution in [0.5, 0.6) is 11.5 Å². The largest absolute Gasteiger partial charge is 0.497 e. The lowest BCUT2D eigenvalue weighted by Gasteiger charge is -2.23. The van der Waals surface area contributed by atoms with Crippen LogP contribution in [-0.2, 0) is 17.9 Å². The van der Waals surface area contributed by atoms with Crippen molar-refractivity contribution in [1.29, 1.82) is 0 Å². The summed E-state index contributed by atoms with van der Waals surface area (Å²) in [6, 6.07) is 6.53. The fourth-order valence-electron chi connectivity index (χ4n) is 3.06. The summed E-state index contributed by atoms with van der Waals surface area (Å²) in [5, 5.41) is 8.11. The molecule has 0 spiro atoms. The summed E-state index contributed by atoms with van der Waals surface area (Å²) in [5.41, 5.74) is 10.4. The molecule has 0 aliphatic carbocycles. The lowest BCUT2D eigenvalue weighted by molar-refractivity contribution is -0.119. The molecular formula is C17H20N6O3. The lowest BCUT2D eigenvalue weighted by Crippen LogP contribution is -2.37. The third-order valence-electron chi connectivity index (χ3n) is 4.34. The van der Waals surface area contributed by atoms with Crippen molar-refractivity contribution in [1.82, 2.24) is 9.78 Å². The highest BCUT2D eigenvalue weighted by Gasteiger charge is 2.31. The average Bonchev–Trinajstić information content (AvgIpc) is 2.97. The van der Waals surface area contributed by atoms with Crippen molar-refractivity contribution >= 4 is 11.7 Å². The van der Waals surface area contributed by atoms with E-state index in [0.717, 1.165) is 11.3 Å². The molecule has 1 atom stereocenters. The minimum Gasteiger partial charge on any atom is -0.497 e. The highest BCUT2D eigenvalue weighted by Crippen LogP contribution is 2.30. The van der Waals surface area contributed by atoms with E-state index in [1.54, 1.807) is 29.9 Å². The molecule has 9 nitrogen and oxygen atoms in total. The molecule has 0 fully saturated rings. The third kappa shape index (κ3) is 3.29. The predicted molar refractivity (Wildman–Crippen MR) is 95.3 cm³/mol. The van der Waals surface area contributed by atoms with E-state index in [1.165, 1.54) is 0 Å². The normalized spacial score (nSPS) is 16.5. The number of aromatic nitrogens is 2. The summed E-state index contributed by atoms with van der Waals surface area (Å²) >= 11 is 0. The van der Waals surface area contributed by atoms with Gasteiger partial charge in [0.2, 0.25) is 5.91 Å². The smallest absolute Gasteiger partial charge is 0.237 e. The van der Waals surface area contributed by atoms with Gasteiger partial charge in [0.1, 0.15) is 23.4 Å². The lowest BCUT2D eigenvalue weighted by atomic mass is 10.1. The molecule has 0 N–H and O–H groups in total. The Labute approximate surface area is 150 Å². The van der Waals surface area contributed by atoms with Crippen LogP contribution in [0, 0.1) is 6.92 Å². The molecule has 26 heavy (non-hydrogen) atoms. The first kappa shape index (κ1) is 17.6. The van der Waals surface area contributed by atoms with Gasteiger partial charge in [0.05, 0.1) is 26.5 Å². The number of amides is 1. The van der Waals surface area contributed by atoms with E-state index in [0.29, 0.717) is 30.3 Å². The van der Waals surface area contributed by atoms with E-state index in [9.17, 15) is 4.79 Å². The molecular weight excluding hydrogens is 336 g/mol. The molecule has 1 aliphatic heterocycles. The minimum absolute atomic E-state index is 0.251. The standard InChI is InChI=1S/C17H20N6O3/c1-11-8-16-22(10-12-4-5-13(25-2)9-15(12)26-3)17(24)14(19-21-18)6-7-23(16)20-11/h4-5,8-9,14H,6-7,10H2,1-3H3. The number of carbonyl (C=O) groups excluding carboxylic acids is 1. The molecule has 1 amide bonds. The van der Waals surface area contributed by atoms with Crippen molar-refractivity contribution in [2.24, 2.45) is 5.11 Å². The highest BCUT2D eigenvalue weighted by molar-refractivity contribution is 5.97. The highest BCUT2D eigenvalue weighted by atomic mass is 16.5. The van der Waals surface area contributed by atoms with E-state index in [2.05, 4.69) is 15.1 Å². The number of anilines is 1. The topological polar surface area (TPSA) is 105 Å². The fourth-order valence-corrected chi connectivity index (χ4v) is 3.06. The number of rotatable bonds is 5. The number of nitrogens with zero attached hydrogens (tertiary/aromatic N) is 6. The fraction of sp³-hybridized carbons (Fsp3) is 0.412. The molecule has 2 heterocycles. The Balaban J connectivity index is 2.02. The number of hydrogen-bond acceptors (Lipinski definition) is 5. The summed E-state index contributed by atoms with van der Waals surface area (Å²) in [5.74, 6) is 1.71. The minimum atomic E-state index is -0.758. The molecule has 0 saturated heterocycles. The maximum Gasteiger partial charge on any atom is 0.237 e. The Kier molecular flexibility index (Phi) is 4.99. The molecule has 0 saturated carbocycles. The number of benzene rings is 1. The molecule has 3 rings (SSSR count). The van der Waals surface area contributed by atoms with E-state index in [1.807, 2.05) is 25.1 Å².